The van der Waals surface area contributed by atoms with Gasteiger partial charge in [-0.15, -0.1) is 0 Å². The molecule has 1 aromatic carbocycles. The van der Waals surface area contributed by atoms with E-state index in [9.17, 15) is 14.7 Å². The summed E-state index contributed by atoms with van der Waals surface area (Å²) in [5, 5.41) is 11.9. The number of carboxylic acid groups (broad SMARTS) is 1. The zero-order valence-corrected chi connectivity index (χ0v) is 12.3. The van der Waals surface area contributed by atoms with E-state index in [-0.39, 0.29) is 41.2 Å². The summed E-state index contributed by atoms with van der Waals surface area (Å²) in [4.78, 5) is 23.7. The summed E-state index contributed by atoms with van der Waals surface area (Å²) in [6.45, 7) is 5.74. The Morgan fingerprint density at radius 3 is 2.43 bits per heavy atom. The Morgan fingerprint density at radius 1 is 1.24 bits per heavy atom. The maximum absolute atomic E-state index is 12.4. The SMILES string of the molecule is CC1OC(C)C(C(=O)Nc2ccc(N)cc2C(=O)O)C1C. The number of carbonyl (C=O) groups is 2. The first-order valence-electron chi connectivity index (χ1n) is 6.90. The van der Waals surface area contributed by atoms with Crippen LogP contribution in [0.25, 0.3) is 0 Å². The Bertz CT molecular complexity index is 573. The molecule has 1 saturated heterocycles. The Balaban J connectivity index is 2.22. The number of carboxylic acids is 1. The van der Waals surface area contributed by atoms with Gasteiger partial charge in [0.2, 0.25) is 5.91 Å². The number of hydrogen-bond acceptors (Lipinski definition) is 4. The van der Waals surface area contributed by atoms with E-state index in [1.54, 1.807) is 6.07 Å². The third kappa shape index (κ3) is 3.00. The van der Waals surface area contributed by atoms with E-state index in [2.05, 4.69) is 5.32 Å². The fourth-order valence-corrected chi connectivity index (χ4v) is 2.78. The number of amides is 1. The molecule has 1 aromatic rings. The topological polar surface area (TPSA) is 102 Å². The Hall–Kier alpha value is -2.08. The first-order valence-corrected chi connectivity index (χ1v) is 6.90. The summed E-state index contributed by atoms with van der Waals surface area (Å²) < 4.78 is 5.64. The molecule has 1 aliphatic heterocycles. The maximum atomic E-state index is 12.4. The molecule has 1 aliphatic rings. The number of hydrogen-bond donors (Lipinski definition) is 3. The van der Waals surface area contributed by atoms with Crippen molar-refractivity contribution in [3.05, 3.63) is 23.8 Å². The number of nitrogens with two attached hydrogens (primary N) is 1. The third-order valence-electron chi connectivity index (χ3n) is 4.08. The number of nitrogen functional groups attached to an aromatic ring is 1. The highest BCUT2D eigenvalue weighted by molar-refractivity contribution is 6.02. The molecule has 0 spiro atoms. The predicted octanol–water partition coefficient (Wildman–Crippen LogP) is 1.97. The number of ether oxygens (including phenoxy) is 1. The van der Waals surface area contributed by atoms with Crippen LogP contribution >= 0.6 is 0 Å². The molecule has 0 aromatic heterocycles. The second kappa shape index (κ2) is 5.73. The number of carbonyl (C=O) groups excluding carboxylic acids is 1. The number of nitrogens with one attached hydrogen (secondary N) is 1. The Labute approximate surface area is 123 Å². The molecule has 6 heteroatoms. The largest absolute Gasteiger partial charge is 0.478 e. The standard InChI is InChI=1S/C15H20N2O4/c1-7-8(2)21-9(3)13(7)14(18)17-12-5-4-10(16)6-11(12)15(19)20/h4-9,13H,16H2,1-3H3,(H,17,18)(H,19,20). The molecule has 6 nitrogen and oxygen atoms in total. The number of aromatic carboxylic acids is 1. The van der Waals surface area contributed by atoms with E-state index in [0.29, 0.717) is 5.69 Å². The molecule has 4 unspecified atom stereocenters. The first-order chi connectivity index (χ1) is 9.81. The molecule has 4 atom stereocenters. The van der Waals surface area contributed by atoms with Crippen LogP contribution in [0.15, 0.2) is 18.2 Å². The van der Waals surface area contributed by atoms with Crippen molar-refractivity contribution in [1.82, 2.24) is 0 Å². The maximum Gasteiger partial charge on any atom is 0.337 e. The minimum Gasteiger partial charge on any atom is -0.478 e. The molecule has 1 fully saturated rings. The van der Waals surface area contributed by atoms with Crippen LogP contribution in [0.2, 0.25) is 0 Å². The molecule has 21 heavy (non-hydrogen) atoms. The Kier molecular flexibility index (Phi) is 4.18. The summed E-state index contributed by atoms with van der Waals surface area (Å²) in [6.07, 6.45) is -0.196. The normalized spacial score (nSPS) is 28.3. The second-order valence-electron chi connectivity index (χ2n) is 5.53. The van der Waals surface area contributed by atoms with Gasteiger partial charge >= 0.3 is 5.97 Å². The van der Waals surface area contributed by atoms with E-state index >= 15 is 0 Å². The smallest absolute Gasteiger partial charge is 0.337 e. The van der Waals surface area contributed by atoms with E-state index in [1.807, 2.05) is 20.8 Å². The van der Waals surface area contributed by atoms with Crippen molar-refractivity contribution >= 4 is 23.3 Å². The molecular weight excluding hydrogens is 272 g/mol. The van der Waals surface area contributed by atoms with Crippen LogP contribution in [0.4, 0.5) is 11.4 Å². The fourth-order valence-electron chi connectivity index (χ4n) is 2.78. The minimum absolute atomic E-state index is 0.00103. The lowest BCUT2D eigenvalue weighted by molar-refractivity contribution is -0.121. The van der Waals surface area contributed by atoms with E-state index in [0.717, 1.165) is 0 Å². The van der Waals surface area contributed by atoms with Crippen molar-refractivity contribution in [2.45, 2.75) is 33.0 Å². The van der Waals surface area contributed by atoms with Gasteiger partial charge in [0.15, 0.2) is 0 Å². The zero-order chi connectivity index (χ0) is 15.7. The van der Waals surface area contributed by atoms with Gasteiger partial charge in [-0.1, -0.05) is 6.92 Å². The predicted molar refractivity (Wildman–Crippen MR) is 79.1 cm³/mol. The summed E-state index contributed by atoms with van der Waals surface area (Å²) in [6, 6.07) is 4.40. The van der Waals surface area contributed by atoms with Crippen molar-refractivity contribution < 1.29 is 19.4 Å². The van der Waals surface area contributed by atoms with Crippen molar-refractivity contribution in [2.75, 3.05) is 11.1 Å². The lowest BCUT2D eigenvalue weighted by Gasteiger charge is -2.18. The molecule has 0 aliphatic carbocycles. The lowest BCUT2D eigenvalue weighted by Crippen LogP contribution is -2.32. The molecule has 1 heterocycles. The van der Waals surface area contributed by atoms with Gasteiger partial charge in [-0.25, -0.2) is 4.79 Å². The summed E-state index contributed by atoms with van der Waals surface area (Å²) in [5.41, 5.74) is 6.16. The number of anilines is 2. The van der Waals surface area contributed by atoms with Crippen LogP contribution in [0, 0.1) is 11.8 Å². The van der Waals surface area contributed by atoms with Gasteiger partial charge in [0.05, 0.1) is 29.4 Å². The van der Waals surface area contributed by atoms with Gasteiger partial charge in [0.1, 0.15) is 0 Å². The van der Waals surface area contributed by atoms with Crippen molar-refractivity contribution in [1.29, 1.82) is 0 Å². The van der Waals surface area contributed by atoms with E-state index in [1.165, 1.54) is 12.1 Å². The lowest BCUT2D eigenvalue weighted by atomic mass is 9.88. The fraction of sp³-hybridized carbons (Fsp3) is 0.467. The third-order valence-corrected chi connectivity index (χ3v) is 4.08. The van der Waals surface area contributed by atoms with Crippen LogP contribution in [-0.2, 0) is 9.53 Å². The monoisotopic (exact) mass is 292 g/mol. The van der Waals surface area contributed by atoms with Gasteiger partial charge < -0.3 is 20.9 Å². The summed E-state index contributed by atoms with van der Waals surface area (Å²) in [7, 11) is 0. The molecule has 0 bridgehead atoms. The molecule has 4 N–H and O–H groups in total. The van der Waals surface area contributed by atoms with E-state index in [4.69, 9.17) is 10.5 Å². The summed E-state index contributed by atoms with van der Waals surface area (Å²) >= 11 is 0. The zero-order valence-electron chi connectivity index (χ0n) is 12.3. The van der Waals surface area contributed by atoms with Crippen LogP contribution in [0.5, 0.6) is 0 Å². The van der Waals surface area contributed by atoms with Crippen LogP contribution in [0.3, 0.4) is 0 Å². The van der Waals surface area contributed by atoms with Gasteiger partial charge in [0.25, 0.3) is 0 Å². The highest BCUT2D eigenvalue weighted by atomic mass is 16.5. The van der Waals surface area contributed by atoms with Crippen molar-refractivity contribution in [3.63, 3.8) is 0 Å². The van der Waals surface area contributed by atoms with Gasteiger partial charge in [0, 0.05) is 5.69 Å². The quantitative estimate of drug-likeness (QED) is 0.739. The van der Waals surface area contributed by atoms with Crippen LogP contribution in [0.1, 0.15) is 31.1 Å². The Morgan fingerprint density at radius 2 is 1.90 bits per heavy atom. The van der Waals surface area contributed by atoms with Crippen molar-refractivity contribution in [3.8, 4) is 0 Å². The minimum atomic E-state index is -1.13. The molecular formula is C15H20N2O4. The van der Waals surface area contributed by atoms with Crippen molar-refractivity contribution in [2.24, 2.45) is 11.8 Å². The van der Waals surface area contributed by atoms with Gasteiger partial charge in [-0.2, -0.15) is 0 Å². The second-order valence-corrected chi connectivity index (χ2v) is 5.53. The summed E-state index contributed by atoms with van der Waals surface area (Å²) in [5.74, 6) is -1.59. The highest BCUT2D eigenvalue weighted by Gasteiger charge is 2.41. The van der Waals surface area contributed by atoms with Crippen LogP contribution < -0.4 is 11.1 Å². The highest BCUT2D eigenvalue weighted by Crippen LogP contribution is 2.33. The molecule has 1 amide bonds. The van der Waals surface area contributed by atoms with Gasteiger partial charge in [-0.3, -0.25) is 4.79 Å². The number of rotatable bonds is 3. The molecule has 0 radical (unpaired) electrons. The first kappa shape index (κ1) is 15.3. The van der Waals surface area contributed by atoms with E-state index < -0.39 is 5.97 Å². The average Bonchev–Trinajstić information content (AvgIpc) is 2.65. The van der Waals surface area contributed by atoms with Crippen LogP contribution in [-0.4, -0.2) is 29.2 Å². The number of benzene rings is 1. The molecule has 0 saturated carbocycles. The van der Waals surface area contributed by atoms with Gasteiger partial charge in [-0.05, 0) is 38.0 Å². The molecule has 2 rings (SSSR count). The molecule has 114 valence electrons. The average molecular weight is 292 g/mol.